The highest BCUT2D eigenvalue weighted by molar-refractivity contribution is 6.04. The second-order valence-corrected chi connectivity index (χ2v) is 7.82. The van der Waals surface area contributed by atoms with Crippen LogP contribution in [0.3, 0.4) is 0 Å². The zero-order valence-electron chi connectivity index (χ0n) is 18.7. The molecule has 1 aromatic heterocycles. The average molecular weight is 464 g/mol. The molecule has 1 aliphatic rings. The molecule has 34 heavy (non-hydrogen) atoms. The number of carbonyl (C=O) groups excluding carboxylic acids is 1. The monoisotopic (exact) mass is 464 g/mol. The maximum atomic E-state index is 12.7. The fourth-order valence-electron chi connectivity index (χ4n) is 3.96. The quantitative estimate of drug-likeness (QED) is 0.511. The molecule has 0 bridgehead atoms. The van der Waals surface area contributed by atoms with Crippen LogP contribution in [0.1, 0.15) is 42.5 Å². The number of nitrogens with zero attached hydrogens (tertiary/aromatic N) is 3. The Morgan fingerprint density at radius 1 is 1.18 bits per heavy atom. The van der Waals surface area contributed by atoms with E-state index in [1.165, 1.54) is 18.2 Å². The predicted molar refractivity (Wildman–Crippen MR) is 124 cm³/mol. The van der Waals surface area contributed by atoms with Crippen LogP contribution in [-0.4, -0.2) is 43.5 Å². The smallest absolute Gasteiger partial charge is 0.331 e. The van der Waals surface area contributed by atoms with E-state index >= 15 is 0 Å². The van der Waals surface area contributed by atoms with Crippen molar-refractivity contribution in [1.82, 2.24) is 14.6 Å². The lowest BCUT2D eigenvalue weighted by Gasteiger charge is -2.22. The molecule has 0 fully saturated rings. The van der Waals surface area contributed by atoms with E-state index in [4.69, 9.17) is 4.74 Å². The standard InChI is InChI=1S/C24H24N4O6/c1-3-20(30)28-17(15-9-10-19(34-2)18(29)11-15)12-16(26-28)21-22(31)25-24(33)27(23(21)32)13-14-7-5-4-6-8-14/h4-11,17,29,32H,3,12-13H2,1-2H3,(H,25,31,33)/t17-/m1/s1. The van der Waals surface area contributed by atoms with Crippen LogP contribution in [0, 0.1) is 0 Å². The molecule has 1 atom stereocenters. The van der Waals surface area contributed by atoms with Gasteiger partial charge < -0.3 is 14.9 Å². The molecule has 10 nitrogen and oxygen atoms in total. The Labute approximate surface area is 194 Å². The SMILES string of the molecule is CCC(=O)N1N=C(c2c(O)n(Cc3ccccc3)c(=O)[nH]c2=O)C[C@@H]1c1ccc(OC)c(O)c1. The molecular weight excluding hydrogens is 440 g/mol. The number of hydrogen-bond donors (Lipinski definition) is 3. The average Bonchev–Trinajstić information content (AvgIpc) is 3.26. The van der Waals surface area contributed by atoms with Crippen molar-refractivity contribution in [2.75, 3.05) is 7.11 Å². The summed E-state index contributed by atoms with van der Waals surface area (Å²) in [6.45, 7) is 1.72. The Hall–Kier alpha value is -4.34. The van der Waals surface area contributed by atoms with Gasteiger partial charge in [-0.15, -0.1) is 0 Å². The number of hydrazone groups is 1. The number of phenols is 1. The lowest BCUT2D eigenvalue weighted by molar-refractivity contribution is -0.132. The second kappa shape index (κ2) is 9.26. The van der Waals surface area contributed by atoms with Crippen molar-refractivity contribution < 1.29 is 19.7 Å². The fraction of sp³-hybridized carbons (Fsp3) is 0.250. The third-order valence-electron chi connectivity index (χ3n) is 5.70. The molecular formula is C24H24N4O6. The van der Waals surface area contributed by atoms with Crippen LogP contribution < -0.4 is 16.0 Å². The van der Waals surface area contributed by atoms with Gasteiger partial charge in [0.25, 0.3) is 5.56 Å². The minimum absolute atomic E-state index is 0.0377. The summed E-state index contributed by atoms with van der Waals surface area (Å²) >= 11 is 0. The summed E-state index contributed by atoms with van der Waals surface area (Å²) in [4.78, 5) is 40.0. The molecule has 2 aromatic carbocycles. The van der Waals surface area contributed by atoms with Crippen molar-refractivity contribution in [3.8, 4) is 17.4 Å². The number of benzene rings is 2. The van der Waals surface area contributed by atoms with Gasteiger partial charge in [-0.3, -0.25) is 19.1 Å². The number of aromatic amines is 1. The van der Waals surface area contributed by atoms with E-state index in [1.807, 2.05) is 6.07 Å². The topological polar surface area (TPSA) is 137 Å². The number of rotatable bonds is 6. The van der Waals surface area contributed by atoms with Crippen molar-refractivity contribution in [2.45, 2.75) is 32.4 Å². The van der Waals surface area contributed by atoms with E-state index in [0.29, 0.717) is 5.56 Å². The van der Waals surface area contributed by atoms with Gasteiger partial charge in [0, 0.05) is 12.8 Å². The van der Waals surface area contributed by atoms with E-state index in [2.05, 4.69) is 10.1 Å². The van der Waals surface area contributed by atoms with Gasteiger partial charge in [0.1, 0.15) is 5.56 Å². The number of aromatic hydroxyl groups is 2. The summed E-state index contributed by atoms with van der Waals surface area (Å²) in [7, 11) is 1.43. The number of phenolic OH excluding ortho intramolecular Hbond substituents is 1. The molecule has 1 aliphatic heterocycles. The summed E-state index contributed by atoms with van der Waals surface area (Å²) in [5.41, 5.74) is -0.250. The fourth-order valence-corrected chi connectivity index (χ4v) is 3.96. The van der Waals surface area contributed by atoms with Crippen molar-refractivity contribution in [3.63, 3.8) is 0 Å². The Balaban J connectivity index is 1.77. The highest BCUT2D eigenvalue weighted by atomic mass is 16.5. The number of ether oxygens (including phenoxy) is 1. The molecule has 0 saturated heterocycles. The van der Waals surface area contributed by atoms with Crippen molar-refractivity contribution >= 4 is 11.6 Å². The number of hydrogen-bond acceptors (Lipinski definition) is 7. The molecule has 0 saturated carbocycles. The number of carbonyl (C=O) groups is 1. The number of nitrogens with one attached hydrogen (secondary N) is 1. The molecule has 10 heteroatoms. The number of aromatic nitrogens is 2. The van der Waals surface area contributed by atoms with Gasteiger partial charge in [0.05, 0.1) is 25.4 Å². The van der Waals surface area contributed by atoms with Gasteiger partial charge in [-0.2, -0.15) is 5.10 Å². The summed E-state index contributed by atoms with van der Waals surface area (Å²) in [5.74, 6) is -0.657. The molecule has 3 N–H and O–H groups in total. The Bertz CT molecular complexity index is 1380. The lowest BCUT2D eigenvalue weighted by atomic mass is 9.98. The van der Waals surface area contributed by atoms with Crippen LogP contribution in [0.5, 0.6) is 17.4 Å². The minimum Gasteiger partial charge on any atom is -0.504 e. The highest BCUT2D eigenvalue weighted by Crippen LogP contribution is 2.37. The van der Waals surface area contributed by atoms with Gasteiger partial charge in [0.15, 0.2) is 11.5 Å². The molecule has 0 aliphatic carbocycles. The lowest BCUT2D eigenvalue weighted by Crippen LogP contribution is -2.34. The normalized spacial score (nSPS) is 15.3. The maximum Gasteiger partial charge on any atom is 0.331 e. The first-order chi connectivity index (χ1) is 16.3. The van der Waals surface area contributed by atoms with Crippen LogP contribution in [0.4, 0.5) is 0 Å². The van der Waals surface area contributed by atoms with Gasteiger partial charge in [0.2, 0.25) is 11.8 Å². The van der Waals surface area contributed by atoms with Crippen molar-refractivity contribution in [1.29, 1.82) is 0 Å². The third-order valence-corrected chi connectivity index (χ3v) is 5.70. The molecule has 0 unspecified atom stereocenters. The Morgan fingerprint density at radius 3 is 2.56 bits per heavy atom. The zero-order valence-corrected chi connectivity index (χ0v) is 18.7. The maximum absolute atomic E-state index is 12.7. The summed E-state index contributed by atoms with van der Waals surface area (Å²) in [5, 5.41) is 26.7. The van der Waals surface area contributed by atoms with E-state index in [9.17, 15) is 24.6 Å². The number of methoxy groups -OCH3 is 1. The molecule has 0 radical (unpaired) electrons. The largest absolute Gasteiger partial charge is 0.504 e. The molecule has 0 spiro atoms. The van der Waals surface area contributed by atoms with Gasteiger partial charge in [-0.1, -0.05) is 43.3 Å². The molecule has 3 aromatic rings. The van der Waals surface area contributed by atoms with Gasteiger partial charge in [-0.05, 0) is 23.3 Å². The predicted octanol–water partition coefficient (Wildman–Crippen LogP) is 2.09. The van der Waals surface area contributed by atoms with Gasteiger partial charge in [-0.25, -0.2) is 9.80 Å². The first kappa shape index (κ1) is 22.8. The van der Waals surface area contributed by atoms with Crippen molar-refractivity contribution in [2.24, 2.45) is 5.10 Å². The summed E-state index contributed by atoms with van der Waals surface area (Å²) in [6, 6.07) is 13.1. The van der Waals surface area contributed by atoms with Crippen LogP contribution >= 0.6 is 0 Å². The highest BCUT2D eigenvalue weighted by Gasteiger charge is 2.35. The second-order valence-electron chi connectivity index (χ2n) is 7.82. The van der Waals surface area contributed by atoms with E-state index in [0.717, 1.165) is 10.1 Å². The summed E-state index contributed by atoms with van der Waals surface area (Å²) in [6.07, 6.45) is 0.253. The van der Waals surface area contributed by atoms with E-state index in [1.54, 1.807) is 43.3 Å². The Morgan fingerprint density at radius 2 is 1.91 bits per heavy atom. The van der Waals surface area contributed by atoms with Crippen LogP contribution in [0.2, 0.25) is 0 Å². The van der Waals surface area contributed by atoms with Crippen LogP contribution in [0.25, 0.3) is 0 Å². The first-order valence-electron chi connectivity index (χ1n) is 10.7. The van der Waals surface area contributed by atoms with E-state index in [-0.39, 0.29) is 48.1 Å². The molecule has 176 valence electrons. The van der Waals surface area contributed by atoms with Crippen LogP contribution in [0.15, 0.2) is 63.2 Å². The van der Waals surface area contributed by atoms with E-state index < -0.39 is 23.2 Å². The first-order valence-corrected chi connectivity index (χ1v) is 10.7. The summed E-state index contributed by atoms with van der Waals surface area (Å²) < 4.78 is 6.13. The molecule has 4 rings (SSSR count). The Kier molecular flexibility index (Phi) is 6.22. The number of amides is 1. The van der Waals surface area contributed by atoms with Crippen LogP contribution in [-0.2, 0) is 11.3 Å². The minimum atomic E-state index is -0.798. The molecule has 2 heterocycles. The molecule has 1 amide bonds. The third kappa shape index (κ3) is 4.17. The zero-order chi connectivity index (χ0) is 24.4. The van der Waals surface area contributed by atoms with Gasteiger partial charge >= 0.3 is 5.69 Å². The van der Waals surface area contributed by atoms with Crippen molar-refractivity contribution in [3.05, 3.63) is 86.1 Å². The number of H-pyrrole nitrogens is 1.